The van der Waals surface area contributed by atoms with Crippen LogP contribution in [0.3, 0.4) is 0 Å². The van der Waals surface area contributed by atoms with Gasteiger partial charge in [0, 0.05) is 17.5 Å². The summed E-state index contributed by atoms with van der Waals surface area (Å²) in [6, 6.07) is 3.99. The van der Waals surface area contributed by atoms with Crippen molar-refractivity contribution < 1.29 is 22.8 Å². The van der Waals surface area contributed by atoms with Gasteiger partial charge in [-0.3, -0.25) is 10.1 Å². The van der Waals surface area contributed by atoms with Crippen molar-refractivity contribution in [3.05, 3.63) is 40.8 Å². The zero-order valence-corrected chi connectivity index (χ0v) is 17.7. The molecule has 1 aromatic carbocycles. The van der Waals surface area contributed by atoms with E-state index < -0.39 is 23.7 Å². The molecule has 3 amide bonds. The molecule has 4 N–H and O–H groups in total. The van der Waals surface area contributed by atoms with Crippen molar-refractivity contribution in [2.24, 2.45) is 5.73 Å². The van der Waals surface area contributed by atoms with Crippen molar-refractivity contribution in [2.45, 2.75) is 31.9 Å². The fraction of sp³-hybridized carbons (Fsp3) is 0.429. The summed E-state index contributed by atoms with van der Waals surface area (Å²) in [5.74, 6) is -0.767. The molecule has 0 aliphatic carbocycles. The Hall–Kier alpha value is -2.59. The number of likely N-dealkylation sites (tertiary alicyclic amines) is 1. The minimum Gasteiger partial charge on any atom is -0.365 e. The second kappa shape index (κ2) is 10.1. The highest BCUT2D eigenvalue weighted by atomic mass is 32.1. The summed E-state index contributed by atoms with van der Waals surface area (Å²) < 4.78 is 38.3. The Morgan fingerprint density at radius 2 is 1.77 bits per heavy atom. The van der Waals surface area contributed by atoms with E-state index in [0.717, 1.165) is 55.9 Å². The van der Waals surface area contributed by atoms with Crippen LogP contribution in [0.25, 0.3) is 11.1 Å². The standard InChI is InChI=1S/C21H25F3N4O2S/c22-21(23,24)15-7-5-14(6-8-15)16-13-31-19(17(16)18(25)29)27-20(30)26-9-1-2-10-28-11-3-4-12-28/h5-8,13H,1-4,9-12H2,(H2,25,29)(H2,26,27,30). The molecule has 0 bridgehead atoms. The van der Waals surface area contributed by atoms with Crippen LogP contribution in [0.2, 0.25) is 0 Å². The van der Waals surface area contributed by atoms with E-state index in [1.165, 1.54) is 25.0 Å². The van der Waals surface area contributed by atoms with Crippen molar-refractivity contribution in [3.63, 3.8) is 0 Å². The smallest absolute Gasteiger partial charge is 0.365 e. The minimum atomic E-state index is -4.45. The van der Waals surface area contributed by atoms with E-state index in [1.54, 1.807) is 5.38 Å². The monoisotopic (exact) mass is 454 g/mol. The number of carbonyl (C=O) groups is 2. The topological polar surface area (TPSA) is 87.5 Å². The first kappa shape index (κ1) is 23.1. The summed E-state index contributed by atoms with van der Waals surface area (Å²) in [6.45, 7) is 3.81. The highest BCUT2D eigenvalue weighted by molar-refractivity contribution is 7.15. The quantitative estimate of drug-likeness (QED) is 0.512. The van der Waals surface area contributed by atoms with Crippen LogP contribution in [-0.4, -0.2) is 43.0 Å². The zero-order valence-electron chi connectivity index (χ0n) is 16.9. The van der Waals surface area contributed by atoms with Crippen LogP contribution < -0.4 is 16.4 Å². The average molecular weight is 455 g/mol. The molecule has 0 atom stereocenters. The highest BCUT2D eigenvalue weighted by Crippen LogP contribution is 2.37. The molecular formula is C21H25F3N4O2S. The second-order valence-corrected chi connectivity index (χ2v) is 8.31. The van der Waals surface area contributed by atoms with Crippen molar-refractivity contribution in [1.82, 2.24) is 10.2 Å². The van der Waals surface area contributed by atoms with Gasteiger partial charge < -0.3 is 16.0 Å². The number of nitrogens with zero attached hydrogens (tertiary/aromatic N) is 1. The molecular weight excluding hydrogens is 429 g/mol. The fourth-order valence-electron chi connectivity index (χ4n) is 3.56. The first-order valence-electron chi connectivity index (χ1n) is 10.1. The third-order valence-corrected chi connectivity index (χ3v) is 6.07. The number of thiophene rings is 1. The van der Waals surface area contributed by atoms with Crippen LogP contribution in [0.1, 0.15) is 41.6 Å². The first-order chi connectivity index (χ1) is 14.8. The van der Waals surface area contributed by atoms with Crippen molar-refractivity contribution in [2.75, 3.05) is 31.5 Å². The van der Waals surface area contributed by atoms with Gasteiger partial charge in [-0.2, -0.15) is 13.2 Å². The molecule has 0 spiro atoms. The zero-order chi connectivity index (χ0) is 22.4. The number of amides is 3. The second-order valence-electron chi connectivity index (χ2n) is 7.43. The Morgan fingerprint density at radius 3 is 2.39 bits per heavy atom. The van der Waals surface area contributed by atoms with E-state index in [-0.39, 0.29) is 10.6 Å². The van der Waals surface area contributed by atoms with Gasteiger partial charge in [0.1, 0.15) is 5.00 Å². The highest BCUT2D eigenvalue weighted by Gasteiger charge is 2.30. The molecule has 1 saturated heterocycles. The number of rotatable bonds is 8. The Balaban J connectivity index is 1.58. The van der Waals surface area contributed by atoms with Crippen LogP contribution in [0.4, 0.5) is 23.0 Å². The van der Waals surface area contributed by atoms with Crippen molar-refractivity contribution >= 4 is 28.3 Å². The van der Waals surface area contributed by atoms with Gasteiger partial charge in [-0.25, -0.2) is 4.79 Å². The molecule has 1 fully saturated rings. The van der Waals surface area contributed by atoms with E-state index in [1.807, 2.05) is 0 Å². The molecule has 31 heavy (non-hydrogen) atoms. The molecule has 0 radical (unpaired) electrons. The number of nitrogens with two attached hydrogens (primary N) is 1. The van der Waals surface area contributed by atoms with Crippen molar-refractivity contribution in [3.8, 4) is 11.1 Å². The van der Waals surface area contributed by atoms with Crippen LogP contribution in [-0.2, 0) is 6.18 Å². The molecule has 1 aliphatic rings. The maximum atomic E-state index is 12.8. The third kappa shape index (κ3) is 6.20. The lowest BCUT2D eigenvalue weighted by atomic mass is 10.0. The predicted octanol–water partition coefficient (Wildman–Crippen LogP) is 4.53. The number of urea groups is 1. The number of anilines is 1. The SMILES string of the molecule is NC(=O)c1c(-c2ccc(C(F)(F)F)cc2)csc1NC(=O)NCCCCN1CCCC1. The van der Waals surface area contributed by atoms with Crippen LogP contribution in [0.15, 0.2) is 29.6 Å². The van der Waals surface area contributed by atoms with Gasteiger partial charge >= 0.3 is 12.2 Å². The maximum Gasteiger partial charge on any atom is 0.416 e. The average Bonchev–Trinajstić information content (AvgIpc) is 3.37. The summed E-state index contributed by atoms with van der Waals surface area (Å²) in [7, 11) is 0. The van der Waals surface area contributed by atoms with Crippen LogP contribution in [0.5, 0.6) is 0 Å². The predicted molar refractivity (Wildman–Crippen MR) is 115 cm³/mol. The lowest BCUT2D eigenvalue weighted by Crippen LogP contribution is -2.30. The van der Waals surface area contributed by atoms with E-state index in [4.69, 9.17) is 5.73 Å². The number of halogens is 3. The number of nitrogens with one attached hydrogen (secondary N) is 2. The lowest BCUT2D eigenvalue weighted by Gasteiger charge is -2.14. The van der Waals surface area contributed by atoms with Gasteiger partial charge in [-0.15, -0.1) is 11.3 Å². The summed E-state index contributed by atoms with van der Waals surface area (Å²) in [6.07, 6.45) is -0.118. The summed E-state index contributed by atoms with van der Waals surface area (Å²) in [5.41, 5.74) is 5.57. The molecule has 3 rings (SSSR count). The number of unbranched alkanes of at least 4 members (excludes halogenated alkanes) is 1. The van der Waals surface area contributed by atoms with Gasteiger partial charge in [0.25, 0.3) is 5.91 Å². The van der Waals surface area contributed by atoms with Crippen LogP contribution >= 0.6 is 11.3 Å². The molecule has 1 aliphatic heterocycles. The molecule has 0 saturated carbocycles. The molecule has 2 heterocycles. The van der Waals surface area contributed by atoms with Crippen LogP contribution in [0, 0.1) is 0 Å². The molecule has 168 valence electrons. The lowest BCUT2D eigenvalue weighted by molar-refractivity contribution is -0.137. The Labute approximate surface area is 182 Å². The fourth-order valence-corrected chi connectivity index (χ4v) is 4.53. The first-order valence-corrected chi connectivity index (χ1v) is 11.0. The third-order valence-electron chi connectivity index (χ3n) is 5.17. The van der Waals surface area contributed by atoms with Crippen molar-refractivity contribution in [1.29, 1.82) is 0 Å². The van der Waals surface area contributed by atoms with Gasteiger partial charge in [-0.1, -0.05) is 12.1 Å². The molecule has 6 nitrogen and oxygen atoms in total. The molecule has 0 unspecified atom stereocenters. The number of primary amides is 1. The van der Waals surface area contributed by atoms with E-state index >= 15 is 0 Å². The van der Waals surface area contributed by atoms with E-state index in [9.17, 15) is 22.8 Å². The Bertz CT molecular complexity index is 906. The Kier molecular flexibility index (Phi) is 7.55. The molecule has 10 heteroatoms. The number of hydrogen-bond acceptors (Lipinski definition) is 4. The summed E-state index contributed by atoms with van der Waals surface area (Å²) in [5, 5.41) is 7.24. The van der Waals surface area contributed by atoms with Gasteiger partial charge in [-0.05, 0) is 63.0 Å². The molecule has 2 aromatic rings. The number of alkyl halides is 3. The number of hydrogen-bond donors (Lipinski definition) is 3. The summed E-state index contributed by atoms with van der Waals surface area (Å²) in [4.78, 5) is 26.6. The largest absolute Gasteiger partial charge is 0.416 e. The van der Waals surface area contributed by atoms with Gasteiger partial charge in [0.05, 0.1) is 11.1 Å². The van der Waals surface area contributed by atoms with E-state index in [0.29, 0.717) is 17.7 Å². The number of benzene rings is 1. The normalized spacial score (nSPS) is 14.5. The number of carbonyl (C=O) groups excluding carboxylic acids is 2. The van der Waals surface area contributed by atoms with E-state index in [2.05, 4.69) is 15.5 Å². The molecule has 1 aromatic heterocycles. The maximum absolute atomic E-state index is 12.8. The summed E-state index contributed by atoms with van der Waals surface area (Å²) >= 11 is 1.10. The minimum absolute atomic E-state index is 0.0777. The Morgan fingerprint density at radius 1 is 1.10 bits per heavy atom. The van der Waals surface area contributed by atoms with Gasteiger partial charge in [0.2, 0.25) is 0 Å². The van der Waals surface area contributed by atoms with Gasteiger partial charge in [0.15, 0.2) is 0 Å².